The molecule has 3 rings (SSSR count). The van der Waals surface area contributed by atoms with E-state index >= 15 is 0 Å². The van der Waals surface area contributed by atoms with Crippen molar-refractivity contribution in [3.8, 4) is 0 Å². The fourth-order valence-electron chi connectivity index (χ4n) is 2.56. The normalized spacial score (nSPS) is 11.6. The largest absolute Gasteiger partial charge is 0.465 e. The van der Waals surface area contributed by atoms with Crippen LogP contribution in [0.5, 0.6) is 0 Å². The third-order valence-corrected chi connectivity index (χ3v) is 5.45. The van der Waals surface area contributed by atoms with Crippen molar-refractivity contribution in [3.63, 3.8) is 0 Å². The molecule has 1 aromatic heterocycles. The van der Waals surface area contributed by atoms with Crippen LogP contribution >= 0.6 is 0 Å². The summed E-state index contributed by atoms with van der Waals surface area (Å²) in [5.74, 6) is -1.39. The lowest BCUT2D eigenvalue weighted by molar-refractivity contribution is 0.0603. The van der Waals surface area contributed by atoms with E-state index in [0.717, 1.165) is 3.97 Å². The first-order valence-corrected chi connectivity index (χ1v) is 8.50. The number of halogens is 1. The molecule has 5 nitrogen and oxygen atoms in total. The minimum Gasteiger partial charge on any atom is -0.465 e. The summed E-state index contributed by atoms with van der Waals surface area (Å²) in [6.07, 6.45) is 1.30. The number of hydrogen-bond acceptors (Lipinski definition) is 4. The monoisotopic (exact) mass is 347 g/mol. The Kier molecular flexibility index (Phi) is 3.88. The van der Waals surface area contributed by atoms with E-state index in [2.05, 4.69) is 0 Å². The molecule has 0 bridgehead atoms. The summed E-state index contributed by atoms with van der Waals surface area (Å²) in [7, 11) is -2.88. The molecule has 0 aliphatic carbocycles. The number of aryl methyl sites for hydroxylation is 1. The molecule has 24 heavy (non-hydrogen) atoms. The van der Waals surface area contributed by atoms with Crippen LogP contribution in [0.3, 0.4) is 0 Å². The first kappa shape index (κ1) is 16.2. The highest BCUT2D eigenvalue weighted by atomic mass is 32.2. The fourth-order valence-corrected chi connectivity index (χ4v) is 3.96. The number of fused-ring (bicyclic) bond motifs is 1. The van der Waals surface area contributed by atoms with Gasteiger partial charge in [0.25, 0.3) is 10.0 Å². The Balaban J connectivity index is 2.24. The molecular weight excluding hydrogens is 333 g/mol. The maximum atomic E-state index is 14.1. The number of aromatic nitrogens is 1. The second kappa shape index (κ2) is 5.76. The highest BCUT2D eigenvalue weighted by Crippen LogP contribution is 2.26. The highest BCUT2D eigenvalue weighted by Gasteiger charge is 2.24. The first-order valence-electron chi connectivity index (χ1n) is 7.06. The molecule has 3 aromatic rings. The Labute approximate surface area is 138 Å². The van der Waals surface area contributed by atoms with Crippen LogP contribution in [-0.4, -0.2) is 25.5 Å². The maximum Gasteiger partial charge on any atom is 0.338 e. The number of esters is 1. The summed E-state index contributed by atoms with van der Waals surface area (Å²) < 4.78 is 45.4. The van der Waals surface area contributed by atoms with Crippen LogP contribution in [0.25, 0.3) is 10.9 Å². The number of nitrogens with zero attached hydrogens (tertiary/aromatic N) is 1. The highest BCUT2D eigenvalue weighted by molar-refractivity contribution is 7.90. The summed E-state index contributed by atoms with van der Waals surface area (Å²) in [5, 5.41) is 0.417. The molecule has 0 spiro atoms. The van der Waals surface area contributed by atoms with Crippen LogP contribution in [0.1, 0.15) is 15.9 Å². The average molecular weight is 347 g/mol. The molecule has 0 radical (unpaired) electrons. The number of carbonyl (C=O) groups is 1. The molecule has 0 aliphatic rings. The topological polar surface area (TPSA) is 65.4 Å². The zero-order valence-electron chi connectivity index (χ0n) is 13.0. The van der Waals surface area contributed by atoms with Crippen molar-refractivity contribution in [3.05, 3.63) is 65.6 Å². The third-order valence-electron chi connectivity index (χ3n) is 3.73. The van der Waals surface area contributed by atoms with Gasteiger partial charge in [0.2, 0.25) is 0 Å². The third kappa shape index (κ3) is 2.46. The van der Waals surface area contributed by atoms with Crippen molar-refractivity contribution in [2.75, 3.05) is 7.11 Å². The number of carbonyl (C=O) groups excluding carboxylic acids is 1. The van der Waals surface area contributed by atoms with Crippen LogP contribution in [-0.2, 0) is 14.8 Å². The molecule has 0 N–H and O–H groups in total. The van der Waals surface area contributed by atoms with Gasteiger partial charge in [0.15, 0.2) is 0 Å². The van der Waals surface area contributed by atoms with Gasteiger partial charge in [-0.25, -0.2) is 21.6 Å². The quantitative estimate of drug-likeness (QED) is 0.683. The maximum absolute atomic E-state index is 14.1. The van der Waals surface area contributed by atoms with Crippen LogP contribution in [0, 0.1) is 12.7 Å². The van der Waals surface area contributed by atoms with E-state index in [1.54, 1.807) is 19.1 Å². The minimum absolute atomic E-state index is 0.244. The van der Waals surface area contributed by atoms with Crippen molar-refractivity contribution in [1.82, 2.24) is 3.97 Å². The van der Waals surface area contributed by atoms with Gasteiger partial charge in [-0.05, 0) is 42.8 Å². The molecule has 0 fully saturated rings. The van der Waals surface area contributed by atoms with Gasteiger partial charge in [0, 0.05) is 11.6 Å². The second-order valence-electron chi connectivity index (χ2n) is 5.28. The van der Waals surface area contributed by atoms with Gasteiger partial charge in [-0.15, -0.1) is 0 Å². The summed E-state index contributed by atoms with van der Waals surface area (Å²) in [4.78, 5) is 11.4. The number of rotatable bonds is 3. The molecule has 7 heteroatoms. The van der Waals surface area contributed by atoms with E-state index in [0.29, 0.717) is 10.9 Å². The lowest BCUT2D eigenvalue weighted by Gasteiger charge is -2.09. The van der Waals surface area contributed by atoms with E-state index in [1.807, 2.05) is 0 Å². The predicted octanol–water partition coefficient (Wildman–Crippen LogP) is 3.11. The van der Waals surface area contributed by atoms with Crippen molar-refractivity contribution >= 4 is 26.9 Å². The molecule has 1 heterocycles. The second-order valence-corrected chi connectivity index (χ2v) is 7.06. The van der Waals surface area contributed by atoms with Crippen LogP contribution in [0.2, 0.25) is 0 Å². The van der Waals surface area contributed by atoms with E-state index in [-0.39, 0.29) is 11.1 Å². The number of hydrogen-bond donors (Lipinski definition) is 0. The molecular formula is C17H14FNO4S. The van der Waals surface area contributed by atoms with E-state index in [9.17, 15) is 17.6 Å². The van der Waals surface area contributed by atoms with Crippen molar-refractivity contribution in [2.24, 2.45) is 0 Å². The zero-order valence-corrected chi connectivity index (χ0v) is 13.8. The minimum atomic E-state index is -4.13. The molecule has 0 aliphatic heterocycles. The number of benzene rings is 2. The summed E-state index contributed by atoms with van der Waals surface area (Å²) in [6.45, 7) is 1.67. The predicted molar refractivity (Wildman–Crippen MR) is 87.0 cm³/mol. The number of methoxy groups -OCH3 is 1. The summed E-state index contributed by atoms with van der Waals surface area (Å²) in [5.41, 5.74) is 1.14. The zero-order chi connectivity index (χ0) is 17.5. The Bertz CT molecular complexity index is 1050. The fraction of sp³-hybridized carbons (Fsp3) is 0.118. The molecule has 0 saturated heterocycles. The van der Waals surface area contributed by atoms with E-state index in [4.69, 9.17) is 4.74 Å². The SMILES string of the molecule is COC(=O)c1cccc2c1ccn2S(=O)(=O)c1ccc(C)cc1F. The van der Waals surface area contributed by atoms with Gasteiger partial charge in [-0.3, -0.25) is 0 Å². The van der Waals surface area contributed by atoms with Crippen LogP contribution in [0.15, 0.2) is 53.6 Å². The van der Waals surface area contributed by atoms with Gasteiger partial charge in [0.05, 0.1) is 18.2 Å². The van der Waals surface area contributed by atoms with Gasteiger partial charge in [-0.2, -0.15) is 0 Å². The molecule has 0 unspecified atom stereocenters. The van der Waals surface area contributed by atoms with Gasteiger partial charge in [-0.1, -0.05) is 12.1 Å². The molecule has 0 atom stereocenters. The molecule has 124 valence electrons. The Morgan fingerprint density at radius 2 is 1.92 bits per heavy atom. The standard InChI is InChI=1S/C17H14FNO4S/c1-11-6-7-16(14(18)10-11)24(21,22)19-9-8-12-13(17(20)23-2)4-3-5-15(12)19/h3-10H,1-2H3. The Morgan fingerprint density at radius 3 is 2.58 bits per heavy atom. The lowest BCUT2D eigenvalue weighted by atomic mass is 10.1. The lowest BCUT2D eigenvalue weighted by Crippen LogP contribution is -2.14. The number of ether oxygens (including phenoxy) is 1. The Hall–Kier alpha value is -2.67. The first-order chi connectivity index (χ1) is 11.4. The van der Waals surface area contributed by atoms with Gasteiger partial charge >= 0.3 is 5.97 Å². The summed E-state index contributed by atoms with van der Waals surface area (Å²) >= 11 is 0. The van der Waals surface area contributed by atoms with Gasteiger partial charge in [0.1, 0.15) is 10.7 Å². The molecule has 0 amide bonds. The van der Waals surface area contributed by atoms with Gasteiger partial charge < -0.3 is 4.74 Å². The molecule has 0 saturated carbocycles. The van der Waals surface area contributed by atoms with E-state index in [1.165, 1.54) is 43.6 Å². The van der Waals surface area contributed by atoms with Crippen molar-refractivity contribution < 1.29 is 22.3 Å². The molecule has 2 aromatic carbocycles. The van der Waals surface area contributed by atoms with Crippen LogP contribution < -0.4 is 0 Å². The average Bonchev–Trinajstić information content (AvgIpc) is 2.98. The Morgan fingerprint density at radius 1 is 1.17 bits per heavy atom. The van der Waals surface area contributed by atoms with Crippen LogP contribution in [0.4, 0.5) is 4.39 Å². The van der Waals surface area contributed by atoms with Crippen molar-refractivity contribution in [2.45, 2.75) is 11.8 Å². The van der Waals surface area contributed by atoms with E-state index < -0.39 is 26.7 Å². The van der Waals surface area contributed by atoms with Crippen molar-refractivity contribution in [1.29, 1.82) is 0 Å². The summed E-state index contributed by atoms with van der Waals surface area (Å²) in [6, 6.07) is 10.1. The smallest absolute Gasteiger partial charge is 0.338 e.